The first-order valence-corrected chi connectivity index (χ1v) is 3.82. The fourth-order valence-corrected chi connectivity index (χ4v) is 0.983. The van der Waals surface area contributed by atoms with Crippen molar-refractivity contribution in [2.75, 3.05) is 19.8 Å². The lowest BCUT2D eigenvalue weighted by Gasteiger charge is -2.36. The molecule has 0 saturated carbocycles. The Labute approximate surface area is 62.0 Å². The number of rotatable bonds is 3. The fraction of sp³-hybridized carbons (Fsp3) is 1.00. The Hall–Kier alpha value is -0.120. The lowest BCUT2D eigenvalue weighted by Crippen LogP contribution is -2.54. The summed E-state index contributed by atoms with van der Waals surface area (Å²) < 4.78 is 0. The van der Waals surface area contributed by atoms with Crippen LogP contribution in [0.15, 0.2) is 0 Å². The summed E-state index contributed by atoms with van der Waals surface area (Å²) in [5, 5.41) is 12.2. The van der Waals surface area contributed by atoms with Crippen LogP contribution in [0.1, 0.15) is 13.8 Å². The maximum atomic E-state index is 8.91. The zero-order valence-corrected chi connectivity index (χ0v) is 6.67. The summed E-state index contributed by atoms with van der Waals surface area (Å²) in [6, 6.07) is 0.540. The Bertz CT molecular complexity index is 99.8. The topological polar surface area (TPSA) is 35.5 Å². The molecule has 1 fully saturated rings. The molecule has 0 unspecified atom stereocenters. The second-order valence-corrected chi connectivity index (χ2v) is 3.21. The van der Waals surface area contributed by atoms with Gasteiger partial charge >= 0.3 is 0 Å². The average molecular weight is 144 g/mol. The summed E-state index contributed by atoms with van der Waals surface area (Å²) in [6.07, 6.45) is -0.0750. The first kappa shape index (κ1) is 7.98. The molecule has 1 aliphatic rings. The molecule has 1 rings (SSSR count). The van der Waals surface area contributed by atoms with Gasteiger partial charge in [-0.15, -0.1) is 0 Å². The molecule has 0 aromatic carbocycles. The summed E-state index contributed by atoms with van der Waals surface area (Å²) in [5.41, 5.74) is 0. The minimum Gasteiger partial charge on any atom is -0.390 e. The Kier molecular flexibility index (Phi) is 2.65. The van der Waals surface area contributed by atoms with Crippen LogP contribution in [0, 0.1) is 0 Å². The number of nitrogens with zero attached hydrogens (tertiary/aromatic N) is 1. The Morgan fingerprint density at radius 1 is 1.60 bits per heavy atom. The third-order valence-corrected chi connectivity index (χ3v) is 1.66. The van der Waals surface area contributed by atoms with Gasteiger partial charge in [-0.1, -0.05) is 0 Å². The van der Waals surface area contributed by atoms with E-state index in [2.05, 4.69) is 24.1 Å². The van der Waals surface area contributed by atoms with Crippen molar-refractivity contribution in [3.8, 4) is 0 Å². The van der Waals surface area contributed by atoms with E-state index in [-0.39, 0.29) is 6.10 Å². The molecule has 3 nitrogen and oxygen atoms in total. The summed E-state index contributed by atoms with van der Waals surface area (Å²) >= 11 is 0. The Morgan fingerprint density at radius 2 is 2.20 bits per heavy atom. The van der Waals surface area contributed by atoms with E-state index in [0.29, 0.717) is 6.04 Å². The Morgan fingerprint density at radius 3 is 2.60 bits per heavy atom. The molecule has 2 N–H and O–H groups in total. The molecule has 60 valence electrons. The smallest absolute Gasteiger partial charge is 0.0794 e. The largest absolute Gasteiger partial charge is 0.390 e. The number of aliphatic hydroxyl groups is 1. The molecule has 0 aromatic rings. The molecule has 0 aliphatic carbocycles. The predicted molar refractivity (Wildman–Crippen MR) is 40.7 cm³/mol. The van der Waals surface area contributed by atoms with Crippen LogP contribution in [0.3, 0.4) is 0 Å². The lowest BCUT2D eigenvalue weighted by molar-refractivity contribution is -0.00357. The van der Waals surface area contributed by atoms with Crippen molar-refractivity contribution in [3.63, 3.8) is 0 Å². The van der Waals surface area contributed by atoms with Crippen molar-refractivity contribution in [3.05, 3.63) is 0 Å². The molecule has 3 heteroatoms. The van der Waals surface area contributed by atoms with E-state index in [1.807, 2.05) is 0 Å². The van der Waals surface area contributed by atoms with Crippen molar-refractivity contribution in [2.45, 2.75) is 26.0 Å². The van der Waals surface area contributed by atoms with E-state index < -0.39 is 0 Å². The molecule has 0 amide bonds. The highest BCUT2D eigenvalue weighted by Gasteiger charge is 2.23. The molecule has 0 radical (unpaired) electrons. The molecule has 1 heterocycles. The number of hydrogen-bond acceptors (Lipinski definition) is 3. The third kappa shape index (κ3) is 2.25. The minimum atomic E-state index is -0.0750. The number of nitrogens with one attached hydrogen (secondary N) is 1. The highest BCUT2D eigenvalue weighted by Crippen LogP contribution is 2.04. The predicted octanol–water partition coefficient (Wildman–Crippen LogP) is -0.382. The van der Waals surface area contributed by atoms with Crippen molar-refractivity contribution in [2.24, 2.45) is 0 Å². The van der Waals surface area contributed by atoms with Crippen LogP contribution in [0.4, 0.5) is 0 Å². The van der Waals surface area contributed by atoms with Crippen LogP contribution in [-0.4, -0.2) is 41.9 Å². The quantitative estimate of drug-likeness (QED) is 0.566. The van der Waals surface area contributed by atoms with Gasteiger partial charge in [-0.25, -0.2) is 0 Å². The fourth-order valence-electron chi connectivity index (χ4n) is 0.983. The summed E-state index contributed by atoms with van der Waals surface area (Å²) in [6.45, 7) is 6.82. The van der Waals surface area contributed by atoms with Crippen molar-refractivity contribution >= 4 is 0 Å². The number of likely N-dealkylation sites (tertiary alicyclic amines) is 1. The molecule has 1 saturated heterocycles. The molecule has 10 heavy (non-hydrogen) atoms. The average Bonchev–Trinajstić information content (AvgIpc) is 1.77. The van der Waals surface area contributed by atoms with E-state index in [0.717, 1.165) is 19.8 Å². The molecule has 0 atom stereocenters. The van der Waals surface area contributed by atoms with Gasteiger partial charge in [-0.05, 0) is 13.8 Å². The van der Waals surface area contributed by atoms with Gasteiger partial charge in [-0.3, -0.25) is 4.90 Å². The van der Waals surface area contributed by atoms with Crippen LogP contribution in [0.2, 0.25) is 0 Å². The Balaban J connectivity index is 1.95. The zero-order valence-electron chi connectivity index (χ0n) is 6.67. The van der Waals surface area contributed by atoms with Crippen LogP contribution in [-0.2, 0) is 0 Å². The summed E-state index contributed by atoms with van der Waals surface area (Å²) in [4.78, 5) is 2.19. The van der Waals surface area contributed by atoms with Gasteiger partial charge < -0.3 is 10.4 Å². The van der Waals surface area contributed by atoms with Crippen molar-refractivity contribution in [1.29, 1.82) is 0 Å². The first-order valence-electron chi connectivity index (χ1n) is 3.82. The standard InChI is InChI=1S/C7H16N2O/c1-6(2)8-5-9-3-7(10)4-9/h6-8,10H,3-5H2,1-2H3. The summed E-state index contributed by atoms with van der Waals surface area (Å²) in [5.74, 6) is 0. The second kappa shape index (κ2) is 3.32. The first-order chi connectivity index (χ1) is 4.68. The van der Waals surface area contributed by atoms with E-state index in [4.69, 9.17) is 5.11 Å². The summed E-state index contributed by atoms with van der Waals surface area (Å²) in [7, 11) is 0. The molecule has 1 aliphatic heterocycles. The van der Waals surface area contributed by atoms with Gasteiger partial charge in [0.1, 0.15) is 0 Å². The minimum absolute atomic E-state index is 0.0750. The van der Waals surface area contributed by atoms with Gasteiger partial charge in [-0.2, -0.15) is 0 Å². The third-order valence-electron chi connectivity index (χ3n) is 1.66. The second-order valence-electron chi connectivity index (χ2n) is 3.21. The van der Waals surface area contributed by atoms with Crippen LogP contribution in [0.25, 0.3) is 0 Å². The molecular weight excluding hydrogens is 128 g/mol. The molecular formula is C7H16N2O. The number of aliphatic hydroxyl groups excluding tert-OH is 1. The normalized spacial score (nSPS) is 21.6. The lowest BCUT2D eigenvalue weighted by atomic mass is 10.2. The van der Waals surface area contributed by atoms with Crippen LogP contribution >= 0.6 is 0 Å². The monoisotopic (exact) mass is 144 g/mol. The van der Waals surface area contributed by atoms with Gasteiger partial charge in [0.05, 0.1) is 6.10 Å². The van der Waals surface area contributed by atoms with Gasteiger partial charge in [0.25, 0.3) is 0 Å². The van der Waals surface area contributed by atoms with Gasteiger partial charge in [0.2, 0.25) is 0 Å². The maximum Gasteiger partial charge on any atom is 0.0794 e. The zero-order chi connectivity index (χ0) is 7.56. The maximum absolute atomic E-state index is 8.91. The van der Waals surface area contributed by atoms with E-state index in [1.165, 1.54) is 0 Å². The number of β-amino-alcohol motifs (C(OH)–C–C–N with tert-alkyl or cyclic N) is 1. The van der Waals surface area contributed by atoms with Crippen LogP contribution in [0.5, 0.6) is 0 Å². The highest BCUT2D eigenvalue weighted by atomic mass is 16.3. The molecule has 0 spiro atoms. The van der Waals surface area contributed by atoms with E-state index in [1.54, 1.807) is 0 Å². The highest BCUT2D eigenvalue weighted by molar-refractivity contribution is 4.77. The SMILES string of the molecule is CC(C)NCN1CC(O)C1. The van der Waals surface area contributed by atoms with Crippen molar-refractivity contribution < 1.29 is 5.11 Å². The van der Waals surface area contributed by atoms with Crippen molar-refractivity contribution in [1.82, 2.24) is 10.2 Å². The molecule has 0 bridgehead atoms. The number of hydrogen-bond donors (Lipinski definition) is 2. The van der Waals surface area contributed by atoms with Gasteiger partial charge in [0, 0.05) is 25.8 Å². The molecule has 0 aromatic heterocycles. The van der Waals surface area contributed by atoms with Crippen LogP contribution < -0.4 is 5.32 Å². The van der Waals surface area contributed by atoms with E-state index in [9.17, 15) is 0 Å². The van der Waals surface area contributed by atoms with E-state index >= 15 is 0 Å². The van der Waals surface area contributed by atoms with Gasteiger partial charge in [0.15, 0.2) is 0 Å².